The maximum atomic E-state index is 11.0. The van der Waals surface area contributed by atoms with E-state index in [1.54, 1.807) is 0 Å². The molecular formula is C11H20O2. The van der Waals surface area contributed by atoms with Gasteiger partial charge in [-0.15, -0.1) is 0 Å². The zero-order valence-corrected chi connectivity index (χ0v) is 9.43. The molecule has 0 aliphatic heterocycles. The van der Waals surface area contributed by atoms with Gasteiger partial charge in [0.2, 0.25) is 0 Å². The molecule has 0 rings (SSSR count). The van der Waals surface area contributed by atoms with Crippen LogP contribution in [0, 0.1) is 10.8 Å². The van der Waals surface area contributed by atoms with E-state index >= 15 is 0 Å². The van der Waals surface area contributed by atoms with Gasteiger partial charge in [-0.2, -0.15) is 0 Å². The lowest BCUT2D eigenvalue weighted by Gasteiger charge is -2.23. The highest BCUT2D eigenvalue weighted by atomic mass is 16.4. The summed E-state index contributed by atoms with van der Waals surface area (Å²) in [5, 5.41) is 9.00. The average molecular weight is 184 g/mol. The largest absolute Gasteiger partial charge is 0.478 e. The normalized spacial score (nSPS) is 14.5. The van der Waals surface area contributed by atoms with Gasteiger partial charge in [-0.25, -0.2) is 4.79 Å². The summed E-state index contributed by atoms with van der Waals surface area (Å²) in [5.74, 6) is -0.817. The van der Waals surface area contributed by atoms with E-state index in [0.717, 1.165) is 0 Å². The van der Waals surface area contributed by atoms with Crippen LogP contribution >= 0.6 is 0 Å². The van der Waals surface area contributed by atoms with Gasteiger partial charge in [0.1, 0.15) is 0 Å². The zero-order chi connectivity index (χ0) is 10.9. The Balaban J connectivity index is 5.06. The SMILES string of the molecule is CC(C)(C)C=C(C(=O)O)C(C)(C)C. The Morgan fingerprint density at radius 1 is 1.08 bits per heavy atom. The minimum absolute atomic E-state index is 0.0823. The molecule has 1 N–H and O–H groups in total. The van der Waals surface area contributed by atoms with Gasteiger partial charge in [-0.3, -0.25) is 0 Å². The molecule has 0 aromatic carbocycles. The molecule has 0 aromatic rings. The van der Waals surface area contributed by atoms with E-state index in [0.29, 0.717) is 5.57 Å². The van der Waals surface area contributed by atoms with Crippen LogP contribution in [0.4, 0.5) is 0 Å². The molecule has 0 saturated carbocycles. The molecular weight excluding hydrogens is 164 g/mol. The second-order valence-electron chi connectivity index (χ2n) is 5.48. The second kappa shape index (κ2) is 3.52. The first kappa shape index (κ1) is 12.2. The molecule has 0 bridgehead atoms. The third kappa shape index (κ3) is 4.71. The highest BCUT2D eigenvalue weighted by Gasteiger charge is 2.25. The third-order valence-electron chi connectivity index (χ3n) is 1.62. The molecule has 0 aromatic heterocycles. The summed E-state index contributed by atoms with van der Waals surface area (Å²) in [6.45, 7) is 11.8. The highest BCUT2D eigenvalue weighted by molar-refractivity contribution is 5.88. The van der Waals surface area contributed by atoms with E-state index in [2.05, 4.69) is 0 Å². The van der Waals surface area contributed by atoms with Crippen molar-refractivity contribution < 1.29 is 9.90 Å². The molecule has 0 fully saturated rings. The van der Waals surface area contributed by atoms with Gasteiger partial charge in [0.15, 0.2) is 0 Å². The fraction of sp³-hybridized carbons (Fsp3) is 0.727. The highest BCUT2D eigenvalue weighted by Crippen LogP contribution is 2.29. The zero-order valence-electron chi connectivity index (χ0n) is 9.43. The smallest absolute Gasteiger partial charge is 0.331 e. The van der Waals surface area contributed by atoms with E-state index in [-0.39, 0.29) is 10.8 Å². The topological polar surface area (TPSA) is 37.3 Å². The lowest BCUT2D eigenvalue weighted by Crippen LogP contribution is -2.20. The van der Waals surface area contributed by atoms with Crippen LogP contribution in [-0.4, -0.2) is 11.1 Å². The first-order valence-electron chi connectivity index (χ1n) is 4.51. The van der Waals surface area contributed by atoms with Gasteiger partial charge >= 0.3 is 5.97 Å². The third-order valence-corrected chi connectivity index (χ3v) is 1.62. The van der Waals surface area contributed by atoms with E-state index in [1.165, 1.54) is 0 Å². The molecule has 13 heavy (non-hydrogen) atoms. The van der Waals surface area contributed by atoms with E-state index in [1.807, 2.05) is 47.6 Å². The summed E-state index contributed by atoms with van der Waals surface area (Å²) in [5.41, 5.74) is 0.111. The predicted octanol–water partition coefficient (Wildman–Crippen LogP) is 3.09. The van der Waals surface area contributed by atoms with Gasteiger partial charge in [-0.05, 0) is 10.8 Å². The lowest BCUT2D eigenvalue weighted by molar-refractivity contribution is -0.133. The number of aliphatic carboxylic acids is 1. The number of carboxylic acid groups (broad SMARTS) is 1. The first-order chi connectivity index (χ1) is 5.54. The molecule has 0 spiro atoms. The fourth-order valence-electron chi connectivity index (χ4n) is 1.03. The summed E-state index contributed by atoms with van der Waals surface area (Å²) in [6, 6.07) is 0. The Kier molecular flexibility index (Phi) is 3.31. The number of carbonyl (C=O) groups is 1. The van der Waals surface area contributed by atoms with E-state index in [9.17, 15) is 4.79 Å². The second-order valence-corrected chi connectivity index (χ2v) is 5.48. The number of allylic oxidation sites excluding steroid dienone is 1. The van der Waals surface area contributed by atoms with Gasteiger partial charge < -0.3 is 5.11 Å². The molecule has 2 nitrogen and oxygen atoms in total. The molecule has 0 aliphatic rings. The minimum atomic E-state index is -0.817. The molecule has 0 saturated heterocycles. The number of hydrogen-bond donors (Lipinski definition) is 1. The van der Waals surface area contributed by atoms with Crippen LogP contribution in [0.3, 0.4) is 0 Å². The molecule has 0 aliphatic carbocycles. The monoisotopic (exact) mass is 184 g/mol. The standard InChI is InChI=1S/C11H20O2/c1-10(2,3)7-8(9(12)13)11(4,5)6/h7H,1-6H3,(H,12,13). The fourth-order valence-corrected chi connectivity index (χ4v) is 1.03. The van der Waals surface area contributed by atoms with Gasteiger partial charge in [0.25, 0.3) is 0 Å². The van der Waals surface area contributed by atoms with Crippen LogP contribution in [0.15, 0.2) is 11.6 Å². The van der Waals surface area contributed by atoms with Crippen molar-refractivity contribution in [2.24, 2.45) is 10.8 Å². The van der Waals surface area contributed by atoms with Crippen LogP contribution in [0.25, 0.3) is 0 Å². The summed E-state index contributed by atoms with van der Waals surface area (Å²) in [4.78, 5) is 11.0. The molecule has 0 amide bonds. The molecule has 76 valence electrons. The maximum absolute atomic E-state index is 11.0. The quantitative estimate of drug-likeness (QED) is 0.636. The van der Waals surface area contributed by atoms with Crippen molar-refractivity contribution in [3.05, 3.63) is 11.6 Å². The van der Waals surface area contributed by atoms with Crippen LogP contribution in [0.1, 0.15) is 41.5 Å². The first-order valence-corrected chi connectivity index (χ1v) is 4.51. The van der Waals surface area contributed by atoms with Crippen molar-refractivity contribution in [3.63, 3.8) is 0 Å². The van der Waals surface area contributed by atoms with Crippen LogP contribution in [0.2, 0.25) is 0 Å². The molecule has 0 heterocycles. The van der Waals surface area contributed by atoms with Crippen molar-refractivity contribution in [1.82, 2.24) is 0 Å². The van der Waals surface area contributed by atoms with Gasteiger partial charge in [0, 0.05) is 5.57 Å². The molecule has 0 unspecified atom stereocenters. The lowest BCUT2D eigenvalue weighted by atomic mass is 9.81. The number of rotatable bonds is 1. The average Bonchev–Trinajstić information content (AvgIpc) is 1.77. The Morgan fingerprint density at radius 2 is 1.46 bits per heavy atom. The van der Waals surface area contributed by atoms with E-state index < -0.39 is 5.97 Å². The summed E-state index contributed by atoms with van der Waals surface area (Å²) < 4.78 is 0. The van der Waals surface area contributed by atoms with Crippen molar-refractivity contribution >= 4 is 5.97 Å². The predicted molar refractivity (Wildman–Crippen MR) is 54.6 cm³/mol. The Morgan fingerprint density at radius 3 is 1.54 bits per heavy atom. The minimum Gasteiger partial charge on any atom is -0.478 e. The summed E-state index contributed by atoms with van der Waals surface area (Å²) >= 11 is 0. The van der Waals surface area contributed by atoms with Crippen molar-refractivity contribution in [1.29, 1.82) is 0 Å². The van der Waals surface area contributed by atoms with Crippen LogP contribution in [-0.2, 0) is 4.79 Å². The van der Waals surface area contributed by atoms with Gasteiger partial charge in [0.05, 0.1) is 0 Å². The molecule has 2 heteroatoms. The Hall–Kier alpha value is -0.790. The van der Waals surface area contributed by atoms with Crippen molar-refractivity contribution in [2.45, 2.75) is 41.5 Å². The van der Waals surface area contributed by atoms with E-state index in [4.69, 9.17) is 5.11 Å². The maximum Gasteiger partial charge on any atom is 0.331 e. The van der Waals surface area contributed by atoms with Crippen LogP contribution < -0.4 is 0 Å². The Bertz CT molecular complexity index is 223. The summed E-state index contributed by atoms with van der Waals surface area (Å²) in [6.07, 6.45) is 1.83. The number of hydrogen-bond acceptors (Lipinski definition) is 1. The molecule has 0 atom stereocenters. The van der Waals surface area contributed by atoms with Crippen molar-refractivity contribution in [3.8, 4) is 0 Å². The Labute approximate surface area is 80.7 Å². The van der Waals surface area contributed by atoms with Crippen LogP contribution in [0.5, 0.6) is 0 Å². The molecule has 0 radical (unpaired) electrons. The number of carboxylic acids is 1. The van der Waals surface area contributed by atoms with Crippen molar-refractivity contribution in [2.75, 3.05) is 0 Å². The summed E-state index contributed by atoms with van der Waals surface area (Å²) in [7, 11) is 0. The van der Waals surface area contributed by atoms with Gasteiger partial charge in [-0.1, -0.05) is 47.6 Å².